The van der Waals surface area contributed by atoms with E-state index in [9.17, 15) is 20.0 Å². The molecule has 0 unspecified atom stereocenters. The fourth-order valence-electron chi connectivity index (χ4n) is 2.65. The van der Waals surface area contributed by atoms with Crippen molar-refractivity contribution in [3.8, 4) is 17.4 Å². The molecule has 3 rings (SSSR count). The number of nitrogens with zero attached hydrogens (tertiary/aromatic N) is 1. The van der Waals surface area contributed by atoms with Crippen LogP contribution >= 0.6 is 15.9 Å². The van der Waals surface area contributed by atoms with E-state index in [0.717, 1.165) is 10.0 Å². The summed E-state index contributed by atoms with van der Waals surface area (Å²) in [5.41, 5.74) is 2.04. The van der Waals surface area contributed by atoms with E-state index >= 15 is 0 Å². The zero-order chi connectivity index (χ0) is 21.0. The number of rotatable bonds is 5. The second-order valence-electron chi connectivity index (χ2n) is 6.17. The zero-order valence-corrected chi connectivity index (χ0v) is 16.9. The molecule has 0 spiro atoms. The molecule has 0 radical (unpaired) electrons. The Morgan fingerprint density at radius 3 is 2.66 bits per heavy atom. The third-order valence-corrected chi connectivity index (χ3v) is 4.60. The normalized spacial score (nSPS) is 11.0. The third-order valence-electron chi connectivity index (χ3n) is 4.11. The molecular formula is C22H15BrN2O4. The fourth-order valence-corrected chi connectivity index (χ4v) is 3.05. The van der Waals surface area contributed by atoms with Crippen molar-refractivity contribution in [2.45, 2.75) is 6.92 Å². The number of aryl methyl sites for hydroxylation is 1. The molecule has 1 heterocycles. The Morgan fingerprint density at radius 1 is 1.17 bits per heavy atom. The minimum atomic E-state index is -1.03. The lowest BCUT2D eigenvalue weighted by atomic mass is 10.0. The predicted octanol–water partition coefficient (Wildman–Crippen LogP) is 5.26. The highest BCUT2D eigenvalue weighted by atomic mass is 79.9. The van der Waals surface area contributed by atoms with Gasteiger partial charge in [-0.2, -0.15) is 5.26 Å². The first kappa shape index (κ1) is 20.1. The molecule has 6 nitrogen and oxygen atoms in total. The summed E-state index contributed by atoms with van der Waals surface area (Å²) in [6.07, 6.45) is 1.34. The van der Waals surface area contributed by atoms with E-state index in [4.69, 9.17) is 4.42 Å². The van der Waals surface area contributed by atoms with Gasteiger partial charge in [-0.25, -0.2) is 4.79 Å². The van der Waals surface area contributed by atoms with Gasteiger partial charge in [-0.1, -0.05) is 28.1 Å². The Bertz CT molecular complexity index is 1170. The van der Waals surface area contributed by atoms with Gasteiger partial charge < -0.3 is 14.8 Å². The average molecular weight is 451 g/mol. The molecule has 7 heteroatoms. The van der Waals surface area contributed by atoms with E-state index in [0.29, 0.717) is 22.8 Å². The van der Waals surface area contributed by atoms with Gasteiger partial charge >= 0.3 is 5.97 Å². The van der Waals surface area contributed by atoms with Crippen LogP contribution in [0.2, 0.25) is 0 Å². The Kier molecular flexibility index (Phi) is 5.96. The number of carboxylic acid groups (broad SMARTS) is 1. The molecule has 2 aromatic carbocycles. The number of nitrogens with one attached hydrogen (secondary N) is 1. The Morgan fingerprint density at radius 2 is 1.97 bits per heavy atom. The molecule has 0 saturated carbocycles. The van der Waals surface area contributed by atoms with Crippen molar-refractivity contribution in [1.82, 2.24) is 0 Å². The Labute approximate surface area is 175 Å². The van der Waals surface area contributed by atoms with Crippen molar-refractivity contribution in [2.24, 2.45) is 0 Å². The van der Waals surface area contributed by atoms with Crippen LogP contribution in [0.25, 0.3) is 17.4 Å². The summed E-state index contributed by atoms with van der Waals surface area (Å²) in [7, 11) is 0. The lowest BCUT2D eigenvalue weighted by Gasteiger charge is -2.05. The molecule has 0 bridgehead atoms. The van der Waals surface area contributed by atoms with E-state index in [1.54, 1.807) is 36.4 Å². The molecule has 0 fully saturated rings. The number of halogens is 1. The van der Waals surface area contributed by atoms with Crippen LogP contribution in [0.1, 0.15) is 21.7 Å². The van der Waals surface area contributed by atoms with Crippen LogP contribution in [0.4, 0.5) is 5.69 Å². The highest BCUT2D eigenvalue weighted by Crippen LogP contribution is 2.28. The number of carboxylic acids is 1. The van der Waals surface area contributed by atoms with Gasteiger partial charge in [0.15, 0.2) is 0 Å². The molecule has 0 saturated heterocycles. The Hall–Kier alpha value is -3.63. The summed E-state index contributed by atoms with van der Waals surface area (Å²) < 4.78 is 6.53. The van der Waals surface area contributed by atoms with E-state index in [-0.39, 0.29) is 11.1 Å². The lowest BCUT2D eigenvalue weighted by Crippen LogP contribution is -2.13. The zero-order valence-electron chi connectivity index (χ0n) is 15.3. The Balaban J connectivity index is 1.86. The molecule has 1 aromatic heterocycles. The number of aromatic carboxylic acids is 1. The number of hydrogen-bond acceptors (Lipinski definition) is 4. The maximum absolute atomic E-state index is 12.4. The number of furan rings is 1. The first-order valence-corrected chi connectivity index (χ1v) is 9.29. The van der Waals surface area contributed by atoms with E-state index in [2.05, 4.69) is 21.2 Å². The minimum Gasteiger partial charge on any atom is -0.478 e. The molecule has 1 amide bonds. The largest absolute Gasteiger partial charge is 0.478 e. The van der Waals surface area contributed by atoms with Crippen molar-refractivity contribution in [3.63, 3.8) is 0 Å². The van der Waals surface area contributed by atoms with Gasteiger partial charge in [0.1, 0.15) is 23.2 Å². The monoisotopic (exact) mass is 450 g/mol. The SMILES string of the molecule is Cc1ccc(C(=O)O)cc1-c1ccc(/C=C(/C#N)C(=O)Nc2cccc(Br)c2)o1. The number of amides is 1. The third kappa shape index (κ3) is 4.81. The number of benzene rings is 2. The molecular weight excluding hydrogens is 436 g/mol. The number of carbonyl (C=O) groups is 2. The summed E-state index contributed by atoms with van der Waals surface area (Å²) in [5, 5.41) is 21.2. The highest BCUT2D eigenvalue weighted by Gasteiger charge is 2.14. The number of hydrogen-bond donors (Lipinski definition) is 2. The molecule has 144 valence electrons. The van der Waals surface area contributed by atoms with Gasteiger partial charge in [-0.05, 0) is 55.0 Å². The molecule has 2 N–H and O–H groups in total. The van der Waals surface area contributed by atoms with Crippen molar-refractivity contribution in [2.75, 3.05) is 5.32 Å². The number of carbonyl (C=O) groups excluding carboxylic acids is 1. The fraction of sp³-hybridized carbons (Fsp3) is 0.0455. The first-order chi connectivity index (χ1) is 13.9. The second-order valence-corrected chi connectivity index (χ2v) is 7.09. The average Bonchev–Trinajstić information content (AvgIpc) is 3.14. The summed E-state index contributed by atoms with van der Waals surface area (Å²) in [4.78, 5) is 23.6. The second kappa shape index (κ2) is 8.59. The van der Waals surface area contributed by atoms with Gasteiger partial charge in [0.2, 0.25) is 0 Å². The van der Waals surface area contributed by atoms with Gasteiger partial charge in [0, 0.05) is 21.8 Å². The quantitative estimate of drug-likeness (QED) is 0.407. The van der Waals surface area contributed by atoms with E-state index in [1.807, 2.05) is 19.1 Å². The van der Waals surface area contributed by atoms with E-state index < -0.39 is 11.9 Å². The molecule has 0 aliphatic rings. The summed E-state index contributed by atoms with van der Waals surface area (Å²) in [6.45, 7) is 1.84. The first-order valence-electron chi connectivity index (χ1n) is 8.50. The molecule has 29 heavy (non-hydrogen) atoms. The minimum absolute atomic E-state index is 0.123. The molecule has 0 aliphatic carbocycles. The number of anilines is 1. The van der Waals surface area contributed by atoms with Crippen LogP contribution in [-0.2, 0) is 4.79 Å². The topological polar surface area (TPSA) is 103 Å². The van der Waals surface area contributed by atoms with Crippen LogP contribution in [0.15, 0.2) is 69.1 Å². The van der Waals surface area contributed by atoms with Crippen LogP contribution in [0, 0.1) is 18.3 Å². The molecule has 3 aromatic rings. The lowest BCUT2D eigenvalue weighted by molar-refractivity contribution is -0.112. The highest BCUT2D eigenvalue weighted by molar-refractivity contribution is 9.10. The van der Waals surface area contributed by atoms with Gasteiger partial charge in [0.05, 0.1) is 5.56 Å². The van der Waals surface area contributed by atoms with Crippen molar-refractivity contribution < 1.29 is 19.1 Å². The standard InChI is InChI=1S/C22H15BrN2O4/c1-13-5-6-14(22(27)28)10-19(13)20-8-7-18(29-20)9-15(12-24)21(26)25-17-4-2-3-16(23)11-17/h2-11H,1H3,(H,25,26)(H,27,28)/b15-9-. The smallest absolute Gasteiger partial charge is 0.335 e. The maximum Gasteiger partial charge on any atom is 0.335 e. The van der Waals surface area contributed by atoms with Crippen LogP contribution < -0.4 is 5.32 Å². The van der Waals surface area contributed by atoms with Crippen molar-refractivity contribution in [1.29, 1.82) is 5.26 Å². The van der Waals surface area contributed by atoms with Crippen LogP contribution in [0.3, 0.4) is 0 Å². The summed E-state index contributed by atoms with van der Waals surface area (Å²) in [5.74, 6) is -0.843. The van der Waals surface area contributed by atoms with Gasteiger partial charge in [-0.15, -0.1) is 0 Å². The van der Waals surface area contributed by atoms with Gasteiger partial charge in [-0.3, -0.25) is 4.79 Å². The van der Waals surface area contributed by atoms with Gasteiger partial charge in [0.25, 0.3) is 5.91 Å². The van der Waals surface area contributed by atoms with Crippen LogP contribution in [0.5, 0.6) is 0 Å². The van der Waals surface area contributed by atoms with Crippen molar-refractivity contribution in [3.05, 3.63) is 81.5 Å². The predicted molar refractivity (Wildman–Crippen MR) is 112 cm³/mol. The summed E-state index contributed by atoms with van der Waals surface area (Å²) in [6, 6.07) is 16.9. The van der Waals surface area contributed by atoms with E-state index in [1.165, 1.54) is 18.2 Å². The summed E-state index contributed by atoms with van der Waals surface area (Å²) >= 11 is 3.32. The maximum atomic E-state index is 12.4. The van der Waals surface area contributed by atoms with Crippen molar-refractivity contribution >= 4 is 39.6 Å². The number of nitriles is 1. The molecule has 0 atom stereocenters. The van der Waals surface area contributed by atoms with Crippen LogP contribution in [-0.4, -0.2) is 17.0 Å². The molecule has 0 aliphatic heterocycles.